The molecule has 2 aliphatic heterocycles. The van der Waals surface area contributed by atoms with Gasteiger partial charge < -0.3 is 10.1 Å². The number of nitrogens with one attached hydrogen (secondary N) is 2. The molecule has 2 aliphatic rings. The van der Waals surface area contributed by atoms with Crippen LogP contribution in [0.3, 0.4) is 0 Å². The monoisotopic (exact) mass is 411 g/mol. The Labute approximate surface area is 182 Å². The quantitative estimate of drug-likeness (QED) is 0.672. The van der Waals surface area contributed by atoms with E-state index in [2.05, 4.69) is 47.1 Å². The van der Waals surface area contributed by atoms with Gasteiger partial charge in [-0.05, 0) is 35.2 Å². The molecule has 0 radical (unpaired) electrons. The van der Waals surface area contributed by atoms with Crippen molar-refractivity contribution in [2.24, 2.45) is 0 Å². The fraction of sp³-hybridized carbons (Fsp3) is 0.192. The zero-order valence-electron chi connectivity index (χ0n) is 17.4. The molecule has 1 saturated heterocycles. The molecule has 3 aromatic rings. The van der Waals surface area contributed by atoms with Crippen molar-refractivity contribution in [3.05, 3.63) is 108 Å². The SMILES string of the molecule is COc1ccc(CC2NN3C(=O)C=C(c4ccccc4)NC3C2c2ccccc2)cc1. The lowest BCUT2D eigenvalue weighted by Gasteiger charge is -2.33. The van der Waals surface area contributed by atoms with E-state index in [-0.39, 0.29) is 24.0 Å². The number of rotatable bonds is 5. The number of carbonyl (C=O) groups excluding carboxylic acids is 1. The third-order valence-electron chi connectivity index (χ3n) is 6.05. The van der Waals surface area contributed by atoms with Crippen LogP contribution in [0.15, 0.2) is 91.0 Å². The smallest absolute Gasteiger partial charge is 0.264 e. The molecule has 3 atom stereocenters. The largest absolute Gasteiger partial charge is 0.497 e. The number of methoxy groups -OCH3 is 1. The number of benzene rings is 3. The minimum Gasteiger partial charge on any atom is -0.497 e. The molecule has 0 aromatic heterocycles. The molecule has 0 bridgehead atoms. The topological polar surface area (TPSA) is 53.6 Å². The van der Waals surface area contributed by atoms with E-state index in [4.69, 9.17) is 4.74 Å². The van der Waals surface area contributed by atoms with Crippen LogP contribution < -0.4 is 15.5 Å². The summed E-state index contributed by atoms with van der Waals surface area (Å²) in [6, 6.07) is 28.6. The predicted octanol–water partition coefficient (Wildman–Crippen LogP) is 3.71. The molecular formula is C26H25N3O2. The number of amides is 1. The molecule has 5 rings (SSSR count). The van der Waals surface area contributed by atoms with Crippen LogP contribution in [0.5, 0.6) is 5.75 Å². The van der Waals surface area contributed by atoms with Gasteiger partial charge in [-0.2, -0.15) is 0 Å². The third kappa shape index (κ3) is 3.80. The average Bonchev–Trinajstić information content (AvgIpc) is 3.19. The Hall–Kier alpha value is -3.57. The minimum absolute atomic E-state index is 0.0271. The predicted molar refractivity (Wildman–Crippen MR) is 121 cm³/mol. The summed E-state index contributed by atoms with van der Waals surface area (Å²) in [5.74, 6) is 0.911. The van der Waals surface area contributed by atoms with Crippen LogP contribution in [0.4, 0.5) is 0 Å². The maximum Gasteiger partial charge on any atom is 0.264 e. The molecule has 3 unspecified atom stereocenters. The number of ether oxygens (including phenoxy) is 1. The van der Waals surface area contributed by atoms with Crippen LogP contribution in [0.1, 0.15) is 22.6 Å². The van der Waals surface area contributed by atoms with E-state index < -0.39 is 0 Å². The van der Waals surface area contributed by atoms with Crippen LogP contribution in [-0.2, 0) is 11.2 Å². The van der Waals surface area contributed by atoms with Crippen LogP contribution in [0.25, 0.3) is 5.70 Å². The maximum absolute atomic E-state index is 13.0. The summed E-state index contributed by atoms with van der Waals surface area (Å²) in [6.07, 6.45) is 2.31. The molecule has 0 spiro atoms. The Kier molecular flexibility index (Phi) is 5.18. The summed E-state index contributed by atoms with van der Waals surface area (Å²) in [4.78, 5) is 13.0. The Bertz CT molecular complexity index is 1080. The molecule has 1 amide bonds. The summed E-state index contributed by atoms with van der Waals surface area (Å²) >= 11 is 0. The van der Waals surface area contributed by atoms with Gasteiger partial charge in [0.15, 0.2) is 0 Å². The zero-order valence-corrected chi connectivity index (χ0v) is 17.4. The van der Waals surface area contributed by atoms with Gasteiger partial charge in [0.05, 0.1) is 7.11 Å². The molecule has 31 heavy (non-hydrogen) atoms. The number of fused-ring (bicyclic) bond motifs is 1. The lowest BCUT2D eigenvalue weighted by molar-refractivity contribution is -0.131. The Morgan fingerprint density at radius 2 is 1.58 bits per heavy atom. The summed E-state index contributed by atoms with van der Waals surface area (Å²) in [7, 11) is 1.67. The van der Waals surface area contributed by atoms with Gasteiger partial charge in [0.1, 0.15) is 11.9 Å². The summed E-state index contributed by atoms with van der Waals surface area (Å²) < 4.78 is 5.29. The molecule has 0 aliphatic carbocycles. The summed E-state index contributed by atoms with van der Waals surface area (Å²) in [5.41, 5.74) is 7.76. The second-order valence-electron chi connectivity index (χ2n) is 7.95. The first kappa shape index (κ1) is 19.4. The van der Waals surface area contributed by atoms with Crippen LogP contribution in [0, 0.1) is 0 Å². The number of carbonyl (C=O) groups is 1. The van der Waals surface area contributed by atoms with E-state index in [9.17, 15) is 4.79 Å². The zero-order chi connectivity index (χ0) is 21.2. The lowest BCUT2D eigenvalue weighted by Crippen LogP contribution is -2.52. The first-order valence-electron chi connectivity index (χ1n) is 10.5. The number of hydrogen-bond acceptors (Lipinski definition) is 4. The van der Waals surface area contributed by atoms with E-state index >= 15 is 0 Å². The van der Waals surface area contributed by atoms with Crippen molar-refractivity contribution in [3.63, 3.8) is 0 Å². The highest BCUT2D eigenvalue weighted by Crippen LogP contribution is 2.36. The van der Waals surface area contributed by atoms with Gasteiger partial charge >= 0.3 is 0 Å². The highest BCUT2D eigenvalue weighted by Gasteiger charge is 2.46. The second-order valence-corrected chi connectivity index (χ2v) is 7.95. The molecule has 156 valence electrons. The molecule has 5 nitrogen and oxygen atoms in total. The van der Waals surface area contributed by atoms with Crippen molar-refractivity contribution < 1.29 is 9.53 Å². The normalized spacial score (nSPS) is 22.5. The molecule has 2 heterocycles. The second kappa shape index (κ2) is 8.28. The van der Waals surface area contributed by atoms with Gasteiger partial charge in [-0.3, -0.25) is 9.80 Å². The number of hydrazine groups is 1. The number of hydrogen-bond donors (Lipinski definition) is 2. The fourth-order valence-corrected chi connectivity index (χ4v) is 4.53. The highest BCUT2D eigenvalue weighted by atomic mass is 16.5. The fourth-order valence-electron chi connectivity index (χ4n) is 4.53. The van der Waals surface area contributed by atoms with Crippen LogP contribution in [0.2, 0.25) is 0 Å². The third-order valence-corrected chi connectivity index (χ3v) is 6.05. The van der Waals surface area contributed by atoms with Crippen molar-refractivity contribution >= 4 is 11.6 Å². The van der Waals surface area contributed by atoms with Gasteiger partial charge in [-0.15, -0.1) is 0 Å². The van der Waals surface area contributed by atoms with Gasteiger partial charge in [-0.25, -0.2) is 5.43 Å². The van der Waals surface area contributed by atoms with Crippen molar-refractivity contribution in [1.29, 1.82) is 0 Å². The lowest BCUT2D eigenvalue weighted by atomic mass is 9.86. The molecule has 0 saturated carbocycles. The first-order chi connectivity index (χ1) is 15.2. The van der Waals surface area contributed by atoms with Crippen molar-refractivity contribution in [2.75, 3.05) is 7.11 Å². The molecular weight excluding hydrogens is 386 g/mol. The maximum atomic E-state index is 13.0. The highest BCUT2D eigenvalue weighted by molar-refractivity contribution is 5.96. The van der Waals surface area contributed by atoms with E-state index in [0.29, 0.717) is 0 Å². The average molecular weight is 412 g/mol. The van der Waals surface area contributed by atoms with Gasteiger partial charge in [-0.1, -0.05) is 72.8 Å². The molecule has 2 N–H and O–H groups in total. The van der Waals surface area contributed by atoms with Gasteiger partial charge in [0.2, 0.25) is 0 Å². The number of nitrogens with zero attached hydrogens (tertiary/aromatic N) is 1. The van der Waals surface area contributed by atoms with E-state index in [0.717, 1.165) is 23.4 Å². The molecule has 3 aromatic carbocycles. The van der Waals surface area contributed by atoms with Gasteiger partial charge in [0.25, 0.3) is 5.91 Å². The first-order valence-corrected chi connectivity index (χ1v) is 10.5. The Morgan fingerprint density at radius 1 is 0.903 bits per heavy atom. The van der Waals surface area contributed by atoms with Crippen molar-refractivity contribution in [1.82, 2.24) is 15.8 Å². The van der Waals surface area contributed by atoms with Crippen molar-refractivity contribution in [3.8, 4) is 5.75 Å². The van der Waals surface area contributed by atoms with E-state index in [1.54, 1.807) is 18.2 Å². The Balaban J connectivity index is 1.47. The minimum atomic E-state index is -0.168. The summed E-state index contributed by atoms with van der Waals surface area (Å²) in [5, 5.41) is 5.38. The standard InChI is InChI=1S/C26H25N3O2/c1-31-21-14-12-18(13-15-21)16-23-25(20-10-6-3-7-11-20)26-27-22(17-24(30)29(26)28-23)19-8-4-2-5-9-19/h2-15,17,23,25-28H,16H2,1H3. The van der Waals surface area contributed by atoms with E-state index in [1.165, 1.54) is 11.1 Å². The van der Waals surface area contributed by atoms with E-state index in [1.807, 2.05) is 48.5 Å². The molecule has 5 heteroatoms. The van der Waals surface area contributed by atoms with Crippen molar-refractivity contribution in [2.45, 2.75) is 24.5 Å². The van der Waals surface area contributed by atoms with Crippen LogP contribution in [-0.4, -0.2) is 30.2 Å². The summed E-state index contributed by atoms with van der Waals surface area (Å²) in [6.45, 7) is 0. The van der Waals surface area contributed by atoms with Gasteiger partial charge in [0, 0.05) is 23.7 Å². The van der Waals surface area contributed by atoms with Crippen LogP contribution >= 0.6 is 0 Å². The Morgan fingerprint density at radius 3 is 2.26 bits per heavy atom. The molecule has 1 fully saturated rings.